The van der Waals surface area contributed by atoms with Crippen molar-refractivity contribution < 1.29 is 14.6 Å². The lowest BCUT2D eigenvalue weighted by atomic mass is 10.2. The fourth-order valence-electron chi connectivity index (χ4n) is 2.47. The molecular formula is C14H23N3O3. The largest absolute Gasteiger partial charge is 0.444 e. The SMILES string of the molecule is Cc1cc(C)n(C2CN(C(=O)OC(C)(C)C)C[C@H]2O)n1. The van der Waals surface area contributed by atoms with Crippen LogP contribution >= 0.6 is 0 Å². The van der Waals surface area contributed by atoms with Crippen molar-refractivity contribution in [3.63, 3.8) is 0 Å². The lowest BCUT2D eigenvalue weighted by Crippen LogP contribution is -2.36. The maximum Gasteiger partial charge on any atom is 0.410 e. The lowest BCUT2D eigenvalue weighted by Gasteiger charge is -2.24. The summed E-state index contributed by atoms with van der Waals surface area (Å²) in [6.07, 6.45) is -1.01. The summed E-state index contributed by atoms with van der Waals surface area (Å²) in [6.45, 7) is 10.0. The summed E-state index contributed by atoms with van der Waals surface area (Å²) < 4.78 is 7.13. The first-order valence-corrected chi connectivity index (χ1v) is 6.86. The Morgan fingerprint density at radius 1 is 1.40 bits per heavy atom. The van der Waals surface area contributed by atoms with Crippen LogP contribution in [0.2, 0.25) is 0 Å². The van der Waals surface area contributed by atoms with Gasteiger partial charge in [0.1, 0.15) is 5.60 Å². The van der Waals surface area contributed by atoms with E-state index >= 15 is 0 Å². The molecule has 112 valence electrons. The summed E-state index contributed by atoms with van der Waals surface area (Å²) in [7, 11) is 0. The van der Waals surface area contributed by atoms with Gasteiger partial charge in [0.15, 0.2) is 0 Å². The number of β-amino-alcohol motifs (C(OH)–C–C–N with tert-alkyl or cyclic N) is 1. The van der Waals surface area contributed by atoms with Crippen LogP contribution in [-0.2, 0) is 4.74 Å². The van der Waals surface area contributed by atoms with E-state index in [9.17, 15) is 9.90 Å². The van der Waals surface area contributed by atoms with Gasteiger partial charge in [-0.05, 0) is 40.7 Å². The van der Waals surface area contributed by atoms with Gasteiger partial charge < -0.3 is 14.7 Å². The summed E-state index contributed by atoms with van der Waals surface area (Å²) in [5.41, 5.74) is 1.36. The van der Waals surface area contributed by atoms with Gasteiger partial charge in [-0.1, -0.05) is 0 Å². The van der Waals surface area contributed by atoms with Crippen LogP contribution in [0, 0.1) is 13.8 Å². The third kappa shape index (κ3) is 3.12. The summed E-state index contributed by atoms with van der Waals surface area (Å²) in [5.74, 6) is 0. The Morgan fingerprint density at radius 2 is 2.05 bits per heavy atom. The summed E-state index contributed by atoms with van der Waals surface area (Å²) >= 11 is 0. The molecule has 1 unspecified atom stereocenters. The highest BCUT2D eigenvalue weighted by atomic mass is 16.6. The summed E-state index contributed by atoms with van der Waals surface area (Å²) in [6, 6.07) is 1.75. The fourth-order valence-corrected chi connectivity index (χ4v) is 2.47. The molecule has 1 aliphatic heterocycles. The number of aliphatic hydroxyl groups excluding tert-OH is 1. The van der Waals surface area contributed by atoms with E-state index in [2.05, 4.69) is 5.10 Å². The molecule has 0 radical (unpaired) electrons. The second kappa shape index (κ2) is 5.09. The number of hydrogen-bond donors (Lipinski definition) is 1. The van der Waals surface area contributed by atoms with E-state index in [1.54, 1.807) is 4.68 Å². The quantitative estimate of drug-likeness (QED) is 0.850. The Labute approximate surface area is 119 Å². The van der Waals surface area contributed by atoms with Gasteiger partial charge in [-0.3, -0.25) is 4.68 Å². The number of rotatable bonds is 1. The molecular weight excluding hydrogens is 258 g/mol. The van der Waals surface area contributed by atoms with Gasteiger partial charge in [0.05, 0.1) is 24.4 Å². The van der Waals surface area contributed by atoms with Crippen molar-refractivity contribution in [3.05, 3.63) is 17.5 Å². The van der Waals surface area contributed by atoms with Crippen LogP contribution in [-0.4, -0.2) is 50.7 Å². The van der Waals surface area contributed by atoms with E-state index in [4.69, 9.17) is 4.74 Å². The molecule has 0 aliphatic carbocycles. The number of nitrogens with zero attached hydrogens (tertiary/aromatic N) is 3. The third-order valence-corrected chi connectivity index (χ3v) is 3.27. The average molecular weight is 281 g/mol. The lowest BCUT2D eigenvalue weighted by molar-refractivity contribution is 0.0270. The first kappa shape index (κ1) is 14.8. The molecule has 2 rings (SSSR count). The van der Waals surface area contributed by atoms with Gasteiger partial charge in [-0.2, -0.15) is 5.10 Å². The van der Waals surface area contributed by atoms with E-state index in [-0.39, 0.29) is 18.7 Å². The second-order valence-corrected chi connectivity index (χ2v) is 6.39. The molecule has 20 heavy (non-hydrogen) atoms. The molecule has 1 aliphatic rings. The first-order chi connectivity index (χ1) is 9.17. The molecule has 0 spiro atoms. The van der Waals surface area contributed by atoms with Crippen molar-refractivity contribution in [2.45, 2.75) is 52.4 Å². The van der Waals surface area contributed by atoms with E-state index in [1.165, 1.54) is 4.90 Å². The number of ether oxygens (including phenoxy) is 1. The van der Waals surface area contributed by atoms with E-state index in [1.807, 2.05) is 40.7 Å². The average Bonchev–Trinajstić information content (AvgIpc) is 2.79. The maximum absolute atomic E-state index is 12.0. The molecule has 1 saturated heterocycles. The van der Waals surface area contributed by atoms with Gasteiger partial charge in [0.2, 0.25) is 0 Å². The number of aromatic nitrogens is 2. The van der Waals surface area contributed by atoms with Crippen LogP contribution < -0.4 is 0 Å². The van der Waals surface area contributed by atoms with E-state index < -0.39 is 11.7 Å². The highest BCUT2D eigenvalue weighted by molar-refractivity contribution is 5.68. The molecule has 1 fully saturated rings. The minimum atomic E-state index is -0.625. The number of hydrogen-bond acceptors (Lipinski definition) is 4. The van der Waals surface area contributed by atoms with Gasteiger partial charge in [-0.25, -0.2) is 4.79 Å². The van der Waals surface area contributed by atoms with Crippen molar-refractivity contribution in [2.24, 2.45) is 0 Å². The molecule has 1 aromatic rings. The maximum atomic E-state index is 12.0. The Hall–Kier alpha value is -1.56. The normalized spacial score (nSPS) is 23.2. The zero-order valence-corrected chi connectivity index (χ0v) is 12.8. The van der Waals surface area contributed by atoms with Crippen LogP contribution in [0.15, 0.2) is 6.07 Å². The minimum absolute atomic E-state index is 0.212. The predicted octanol–water partition coefficient (Wildman–Crippen LogP) is 1.65. The van der Waals surface area contributed by atoms with Crippen LogP contribution in [0.4, 0.5) is 4.79 Å². The Morgan fingerprint density at radius 3 is 2.55 bits per heavy atom. The molecule has 6 nitrogen and oxygen atoms in total. The van der Waals surface area contributed by atoms with Crippen molar-refractivity contribution in [2.75, 3.05) is 13.1 Å². The van der Waals surface area contributed by atoms with E-state index in [0.717, 1.165) is 11.4 Å². The number of aliphatic hydroxyl groups is 1. The highest BCUT2D eigenvalue weighted by Gasteiger charge is 2.38. The van der Waals surface area contributed by atoms with Crippen molar-refractivity contribution in [3.8, 4) is 0 Å². The zero-order valence-electron chi connectivity index (χ0n) is 12.8. The molecule has 0 saturated carbocycles. The van der Waals surface area contributed by atoms with Gasteiger partial charge >= 0.3 is 6.09 Å². The zero-order chi connectivity index (χ0) is 15.1. The van der Waals surface area contributed by atoms with Crippen molar-refractivity contribution in [1.82, 2.24) is 14.7 Å². The van der Waals surface area contributed by atoms with Crippen LogP contribution in [0.25, 0.3) is 0 Å². The summed E-state index contributed by atoms with van der Waals surface area (Å²) in [5, 5.41) is 14.6. The number of aryl methyl sites for hydroxylation is 2. The third-order valence-electron chi connectivity index (χ3n) is 3.27. The molecule has 1 aromatic heterocycles. The predicted molar refractivity (Wildman–Crippen MR) is 74.6 cm³/mol. The van der Waals surface area contributed by atoms with Crippen molar-refractivity contribution in [1.29, 1.82) is 0 Å². The molecule has 1 amide bonds. The smallest absolute Gasteiger partial charge is 0.410 e. The van der Waals surface area contributed by atoms with Gasteiger partial charge in [0.25, 0.3) is 0 Å². The molecule has 2 heterocycles. The number of amides is 1. The van der Waals surface area contributed by atoms with Crippen LogP contribution in [0.1, 0.15) is 38.2 Å². The summed E-state index contributed by atoms with van der Waals surface area (Å²) in [4.78, 5) is 13.6. The number of carbonyl (C=O) groups excluding carboxylic acids is 1. The first-order valence-electron chi connectivity index (χ1n) is 6.86. The Balaban J connectivity index is 2.09. The second-order valence-electron chi connectivity index (χ2n) is 6.39. The fraction of sp³-hybridized carbons (Fsp3) is 0.714. The molecule has 0 aromatic carbocycles. The van der Waals surface area contributed by atoms with Crippen LogP contribution in [0.3, 0.4) is 0 Å². The molecule has 6 heteroatoms. The molecule has 0 bridgehead atoms. The molecule has 1 N–H and O–H groups in total. The minimum Gasteiger partial charge on any atom is -0.444 e. The monoisotopic (exact) mass is 281 g/mol. The standard InChI is InChI=1S/C14H23N3O3/c1-9-6-10(2)17(15-9)11-7-16(8-12(11)18)13(19)20-14(3,4)5/h6,11-12,18H,7-8H2,1-5H3/t11?,12-/m1/s1. The van der Waals surface area contributed by atoms with Gasteiger partial charge in [-0.15, -0.1) is 0 Å². The topological polar surface area (TPSA) is 67.6 Å². The Bertz CT molecular complexity index is 504. The number of carbonyl (C=O) groups is 1. The van der Waals surface area contributed by atoms with E-state index in [0.29, 0.717) is 6.54 Å². The van der Waals surface area contributed by atoms with Crippen LogP contribution in [0.5, 0.6) is 0 Å². The Kier molecular flexibility index (Phi) is 3.77. The molecule has 2 atom stereocenters. The number of likely N-dealkylation sites (tertiary alicyclic amines) is 1. The highest BCUT2D eigenvalue weighted by Crippen LogP contribution is 2.25. The van der Waals surface area contributed by atoms with Gasteiger partial charge in [0, 0.05) is 12.2 Å². The van der Waals surface area contributed by atoms with Crippen molar-refractivity contribution >= 4 is 6.09 Å².